The second-order valence-electron chi connectivity index (χ2n) is 5.28. The monoisotopic (exact) mass is 385 g/mol. The van der Waals surface area contributed by atoms with Gasteiger partial charge in [0.25, 0.3) is 11.6 Å². The lowest BCUT2D eigenvalue weighted by atomic mass is 10.2. The first-order valence-corrected chi connectivity index (χ1v) is 7.75. The number of benzene rings is 2. The van der Waals surface area contributed by atoms with E-state index in [0.717, 1.165) is 0 Å². The molecule has 3 amide bonds. The number of nitro benzene ring substituents is 1. The number of ether oxygens (including phenoxy) is 1. The van der Waals surface area contributed by atoms with Gasteiger partial charge in [-0.3, -0.25) is 24.5 Å². The van der Waals surface area contributed by atoms with Gasteiger partial charge in [0.15, 0.2) is 6.61 Å². The Morgan fingerprint density at radius 1 is 1.07 bits per heavy atom. The molecule has 0 radical (unpaired) electrons. The third-order valence-electron chi connectivity index (χ3n) is 3.18. The Bertz CT molecular complexity index is 909. The van der Waals surface area contributed by atoms with Gasteiger partial charge in [0.05, 0.1) is 11.1 Å². The average Bonchev–Trinajstić information content (AvgIpc) is 2.67. The maximum absolute atomic E-state index is 11.8. The number of carbonyl (C=O) groups excluding carboxylic acids is 3. The Morgan fingerprint density at radius 3 is 2.29 bits per heavy atom. The molecule has 0 saturated carbocycles. The van der Waals surface area contributed by atoms with E-state index in [1.807, 2.05) is 0 Å². The molecule has 0 fully saturated rings. The Morgan fingerprint density at radius 2 is 1.71 bits per heavy atom. The van der Waals surface area contributed by atoms with E-state index in [0.29, 0.717) is 11.3 Å². The van der Waals surface area contributed by atoms with Crippen molar-refractivity contribution in [3.8, 4) is 5.75 Å². The summed E-state index contributed by atoms with van der Waals surface area (Å²) in [5, 5.41) is 16.5. The molecule has 0 atom stereocenters. The van der Waals surface area contributed by atoms with Gasteiger partial charge < -0.3 is 15.8 Å². The highest BCUT2D eigenvalue weighted by atomic mass is 16.6. The Kier molecular flexibility index (Phi) is 6.75. The highest BCUT2D eigenvalue weighted by Gasteiger charge is 2.13. The number of nitro groups is 1. The molecule has 4 N–H and O–H groups in total. The van der Waals surface area contributed by atoms with Crippen LogP contribution in [0.25, 0.3) is 0 Å². The molecule has 0 aliphatic heterocycles. The third kappa shape index (κ3) is 6.22. The van der Waals surface area contributed by atoms with E-state index in [2.05, 4.69) is 15.8 Å². The minimum Gasteiger partial charge on any atom is -0.484 e. The van der Waals surface area contributed by atoms with Gasteiger partial charge in [-0.25, -0.2) is 5.43 Å². The largest absolute Gasteiger partial charge is 0.484 e. The highest BCUT2D eigenvalue weighted by Crippen LogP contribution is 2.15. The first kappa shape index (κ1) is 20.0. The van der Waals surface area contributed by atoms with Crippen LogP contribution in [0.15, 0.2) is 53.6 Å². The van der Waals surface area contributed by atoms with Crippen LogP contribution in [0.5, 0.6) is 5.75 Å². The van der Waals surface area contributed by atoms with E-state index in [9.17, 15) is 24.5 Å². The number of nitrogens with zero attached hydrogens (tertiary/aromatic N) is 2. The van der Waals surface area contributed by atoms with Crippen molar-refractivity contribution >= 4 is 35.3 Å². The maximum atomic E-state index is 11.8. The van der Waals surface area contributed by atoms with Crippen LogP contribution in [-0.2, 0) is 14.4 Å². The molecule has 0 aromatic heterocycles. The smallest absolute Gasteiger partial charge is 0.329 e. The predicted molar refractivity (Wildman–Crippen MR) is 98.6 cm³/mol. The lowest BCUT2D eigenvalue weighted by Gasteiger charge is -2.04. The van der Waals surface area contributed by atoms with E-state index in [1.54, 1.807) is 24.3 Å². The Labute approximate surface area is 158 Å². The van der Waals surface area contributed by atoms with Gasteiger partial charge in [0.2, 0.25) is 0 Å². The standard InChI is InChI=1S/C17H15N5O6/c18-15(23)10-28-14-7-1-11(2-8-14)9-19-21-17(25)16(24)20-12-3-5-13(6-4-12)22(26)27/h1-9H,10H2,(H2,18,23)(H,20,24)(H,21,25)/b19-9-. The fourth-order valence-corrected chi connectivity index (χ4v) is 1.88. The summed E-state index contributed by atoms with van der Waals surface area (Å²) in [5.41, 5.74) is 7.71. The molecule has 0 heterocycles. The molecule has 0 aliphatic carbocycles. The Hall–Kier alpha value is -4.28. The lowest BCUT2D eigenvalue weighted by molar-refractivity contribution is -0.384. The number of anilines is 1. The molecular weight excluding hydrogens is 370 g/mol. The number of hydrogen-bond acceptors (Lipinski definition) is 7. The summed E-state index contributed by atoms with van der Waals surface area (Å²) in [6.45, 7) is -0.243. The number of carbonyl (C=O) groups is 3. The van der Waals surface area contributed by atoms with Crippen molar-refractivity contribution in [2.45, 2.75) is 0 Å². The van der Waals surface area contributed by atoms with Crippen molar-refractivity contribution in [3.63, 3.8) is 0 Å². The van der Waals surface area contributed by atoms with Crippen molar-refractivity contribution in [1.82, 2.24) is 5.43 Å². The van der Waals surface area contributed by atoms with Crippen LogP contribution in [0, 0.1) is 10.1 Å². The summed E-state index contributed by atoms with van der Waals surface area (Å²) in [5.74, 6) is -2.17. The molecule has 0 bridgehead atoms. The second kappa shape index (κ2) is 9.43. The van der Waals surface area contributed by atoms with Gasteiger partial charge in [-0.2, -0.15) is 5.10 Å². The second-order valence-corrected chi connectivity index (χ2v) is 5.28. The number of hydrogen-bond donors (Lipinski definition) is 3. The predicted octanol–water partition coefficient (Wildman–Crippen LogP) is 0.548. The van der Waals surface area contributed by atoms with Gasteiger partial charge >= 0.3 is 11.8 Å². The van der Waals surface area contributed by atoms with Crippen molar-refractivity contribution in [2.24, 2.45) is 10.8 Å². The van der Waals surface area contributed by atoms with Crippen LogP contribution in [0.4, 0.5) is 11.4 Å². The van der Waals surface area contributed by atoms with Gasteiger partial charge in [-0.1, -0.05) is 0 Å². The van der Waals surface area contributed by atoms with Gasteiger partial charge in [0.1, 0.15) is 5.75 Å². The molecule has 144 valence electrons. The van der Waals surface area contributed by atoms with Gasteiger partial charge in [0, 0.05) is 17.8 Å². The fourth-order valence-electron chi connectivity index (χ4n) is 1.88. The average molecular weight is 385 g/mol. The number of nitrogens with two attached hydrogens (primary N) is 1. The first-order chi connectivity index (χ1) is 13.3. The number of hydrazone groups is 1. The van der Waals surface area contributed by atoms with Crippen LogP contribution < -0.4 is 21.2 Å². The molecule has 11 heteroatoms. The molecule has 11 nitrogen and oxygen atoms in total. The third-order valence-corrected chi connectivity index (χ3v) is 3.18. The summed E-state index contributed by atoms with van der Waals surface area (Å²) in [4.78, 5) is 44.1. The van der Waals surface area contributed by atoms with Gasteiger partial charge in [-0.15, -0.1) is 0 Å². The van der Waals surface area contributed by atoms with Crippen LogP contribution in [0.2, 0.25) is 0 Å². The van der Waals surface area contributed by atoms with Crippen molar-refractivity contribution < 1.29 is 24.0 Å². The summed E-state index contributed by atoms with van der Waals surface area (Å²) in [6.07, 6.45) is 1.30. The molecule has 2 aromatic rings. The molecule has 0 saturated heterocycles. The number of non-ortho nitro benzene ring substituents is 1. The highest BCUT2D eigenvalue weighted by molar-refractivity contribution is 6.39. The first-order valence-electron chi connectivity index (χ1n) is 7.75. The number of nitrogens with one attached hydrogen (secondary N) is 2. The van der Waals surface area contributed by atoms with Crippen LogP contribution in [0.1, 0.15) is 5.56 Å². The van der Waals surface area contributed by atoms with Gasteiger partial charge in [-0.05, 0) is 42.0 Å². The van der Waals surface area contributed by atoms with Crippen molar-refractivity contribution in [1.29, 1.82) is 0 Å². The van der Waals surface area contributed by atoms with E-state index < -0.39 is 22.6 Å². The topological polar surface area (TPSA) is 166 Å². The van der Waals surface area contributed by atoms with Crippen LogP contribution in [-0.4, -0.2) is 35.5 Å². The summed E-state index contributed by atoms with van der Waals surface area (Å²) in [7, 11) is 0. The SMILES string of the molecule is NC(=O)COc1ccc(/C=N\NC(=O)C(=O)Nc2ccc([N+](=O)[O-])cc2)cc1. The van der Waals surface area contributed by atoms with E-state index >= 15 is 0 Å². The zero-order chi connectivity index (χ0) is 20.5. The minimum atomic E-state index is -1.02. The zero-order valence-corrected chi connectivity index (χ0v) is 14.3. The maximum Gasteiger partial charge on any atom is 0.329 e. The molecular formula is C17H15N5O6. The zero-order valence-electron chi connectivity index (χ0n) is 14.3. The summed E-state index contributed by atoms with van der Waals surface area (Å²) in [6, 6.07) is 11.4. The van der Waals surface area contributed by atoms with Crippen molar-refractivity contribution in [2.75, 3.05) is 11.9 Å². The van der Waals surface area contributed by atoms with E-state index in [1.165, 1.54) is 30.5 Å². The molecule has 2 rings (SSSR count). The summed E-state index contributed by atoms with van der Waals surface area (Å²) >= 11 is 0. The van der Waals surface area contributed by atoms with Crippen LogP contribution in [0.3, 0.4) is 0 Å². The van der Waals surface area contributed by atoms with E-state index in [4.69, 9.17) is 10.5 Å². The quantitative estimate of drug-likeness (QED) is 0.272. The number of amides is 3. The molecule has 0 spiro atoms. The molecule has 0 unspecified atom stereocenters. The number of rotatable bonds is 7. The molecule has 0 aliphatic rings. The Balaban J connectivity index is 1.84. The fraction of sp³-hybridized carbons (Fsp3) is 0.0588. The summed E-state index contributed by atoms with van der Waals surface area (Å²) < 4.78 is 5.09. The van der Waals surface area contributed by atoms with Crippen LogP contribution >= 0.6 is 0 Å². The number of primary amides is 1. The normalized spacial score (nSPS) is 10.3. The van der Waals surface area contributed by atoms with E-state index in [-0.39, 0.29) is 18.0 Å². The minimum absolute atomic E-state index is 0.141. The molecule has 2 aromatic carbocycles. The van der Waals surface area contributed by atoms with Crippen molar-refractivity contribution in [3.05, 3.63) is 64.2 Å². The lowest BCUT2D eigenvalue weighted by Crippen LogP contribution is -2.32. The molecule has 28 heavy (non-hydrogen) atoms.